The molecule has 0 radical (unpaired) electrons. The minimum absolute atomic E-state index is 0.214. The van der Waals surface area contributed by atoms with Gasteiger partial charge in [0.05, 0.1) is 17.2 Å². The van der Waals surface area contributed by atoms with Gasteiger partial charge in [0.2, 0.25) is 0 Å². The summed E-state index contributed by atoms with van der Waals surface area (Å²) in [6.07, 6.45) is 1.61. The summed E-state index contributed by atoms with van der Waals surface area (Å²) >= 11 is 6.19. The van der Waals surface area contributed by atoms with Gasteiger partial charge in [-0.2, -0.15) is 0 Å². The van der Waals surface area contributed by atoms with Crippen molar-refractivity contribution >= 4 is 29.2 Å². The SMILES string of the molecule is CCOC(=O)c1ccc(NC(=O)c2ccccc2CCc2ccccc2)cc1Cl. The van der Waals surface area contributed by atoms with E-state index in [2.05, 4.69) is 17.4 Å². The lowest BCUT2D eigenvalue weighted by molar-refractivity contribution is 0.0526. The minimum Gasteiger partial charge on any atom is -0.462 e. The summed E-state index contributed by atoms with van der Waals surface area (Å²) in [5, 5.41) is 3.10. The molecule has 0 aliphatic heterocycles. The van der Waals surface area contributed by atoms with Gasteiger partial charge in [-0.25, -0.2) is 4.79 Å². The Morgan fingerprint density at radius 2 is 1.62 bits per heavy atom. The Labute approximate surface area is 175 Å². The van der Waals surface area contributed by atoms with Crippen LogP contribution in [0, 0.1) is 0 Å². The lowest BCUT2D eigenvalue weighted by atomic mass is 9.99. The van der Waals surface area contributed by atoms with E-state index < -0.39 is 5.97 Å². The summed E-state index contributed by atoms with van der Waals surface area (Å²) in [4.78, 5) is 24.7. The van der Waals surface area contributed by atoms with Crippen molar-refractivity contribution in [2.24, 2.45) is 0 Å². The number of nitrogens with one attached hydrogen (secondary N) is 1. The van der Waals surface area contributed by atoms with Gasteiger partial charge in [0.25, 0.3) is 5.91 Å². The first-order valence-electron chi connectivity index (χ1n) is 9.48. The summed E-state index contributed by atoms with van der Waals surface area (Å²) < 4.78 is 4.97. The maximum atomic E-state index is 12.8. The standard InChI is InChI=1S/C24H22ClNO3/c1-2-29-24(28)21-15-14-19(16-22(21)25)26-23(27)20-11-7-6-10-18(20)13-12-17-8-4-3-5-9-17/h3-11,14-16H,2,12-13H2,1H3,(H,26,27). The number of hydrogen-bond acceptors (Lipinski definition) is 3. The second-order valence-corrected chi connectivity index (χ2v) is 6.92. The number of hydrogen-bond donors (Lipinski definition) is 1. The van der Waals surface area contributed by atoms with Crippen molar-refractivity contribution < 1.29 is 14.3 Å². The molecule has 0 spiro atoms. The lowest BCUT2D eigenvalue weighted by Crippen LogP contribution is -2.15. The third kappa shape index (κ3) is 5.46. The largest absolute Gasteiger partial charge is 0.462 e. The number of aryl methyl sites for hydroxylation is 2. The Balaban J connectivity index is 1.72. The highest BCUT2D eigenvalue weighted by Crippen LogP contribution is 2.23. The van der Waals surface area contributed by atoms with Crippen LogP contribution in [-0.4, -0.2) is 18.5 Å². The molecule has 3 aromatic rings. The summed E-state index contributed by atoms with van der Waals surface area (Å²) in [7, 11) is 0. The Kier molecular flexibility index (Phi) is 7.04. The number of esters is 1. The predicted molar refractivity (Wildman–Crippen MR) is 116 cm³/mol. The zero-order valence-electron chi connectivity index (χ0n) is 16.2. The van der Waals surface area contributed by atoms with Gasteiger partial charge in [-0.3, -0.25) is 4.79 Å². The van der Waals surface area contributed by atoms with Crippen molar-refractivity contribution in [2.45, 2.75) is 19.8 Å². The molecular formula is C24H22ClNO3. The van der Waals surface area contributed by atoms with E-state index in [4.69, 9.17) is 16.3 Å². The fourth-order valence-electron chi connectivity index (χ4n) is 3.05. The minimum atomic E-state index is -0.485. The molecule has 4 nitrogen and oxygen atoms in total. The number of benzene rings is 3. The molecule has 3 aromatic carbocycles. The topological polar surface area (TPSA) is 55.4 Å². The molecule has 1 amide bonds. The fraction of sp³-hybridized carbons (Fsp3) is 0.167. The number of carbonyl (C=O) groups excluding carboxylic acids is 2. The molecule has 1 N–H and O–H groups in total. The molecule has 0 fully saturated rings. The van der Waals surface area contributed by atoms with Gasteiger partial charge in [-0.15, -0.1) is 0 Å². The van der Waals surface area contributed by atoms with Gasteiger partial charge in [0.1, 0.15) is 0 Å². The first kappa shape index (κ1) is 20.6. The van der Waals surface area contributed by atoms with E-state index in [1.54, 1.807) is 25.1 Å². The van der Waals surface area contributed by atoms with E-state index in [0.717, 1.165) is 18.4 Å². The molecule has 0 saturated heterocycles. The molecule has 0 aliphatic rings. The molecule has 148 valence electrons. The Bertz CT molecular complexity index is 1000. The van der Waals surface area contributed by atoms with Crippen LogP contribution >= 0.6 is 11.6 Å². The molecule has 0 bridgehead atoms. The van der Waals surface area contributed by atoms with Crippen molar-refractivity contribution in [3.8, 4) is 0 Å². The van der Waals surface area contributed by atoms with Crippen molar-refractivity contribution in [1.82, 2.24) is 0 Å². The molecule has 0 heterocycles. The van der Waals surface area contributed by atoms with E-state index in [9.17, 15) is 9.59 Å². The quantitative estimate of drug-likeness (QED) is 0.522. The Hall–Kier alpha value is -3.11. The summed E-state index contributed by atoms with van der Waals surface area (Å²) in [5.41, 5.74) is 3.61. The van der Waals surface area contributed by atoms with Crippen LogP contribution in [0.1, 0.15) is 38.8 Å². The normalized spacial score (nSPS) is 10.4. The maximum absolute atomic E-state index is 12.8. The Morgan fingerprint density at radius 3 is 2.34 bits per heavy atom. The van der Waals surface area contributed by atoms with Crippen LogP contribution in [0.2, 0.25) is 5.02 Å². The zero-order valence-corrected chi connectivity index (χ0v) is 16.9. The molecule has 0 saturated carbocycles. The number of anilines is 1. The molecular weight excluding hydrogens is 386 g/mol. The molecule has 5 heteroatoms. The number of halogens is 1. The highest BCUT2D eigenvalue weighted by molar-refractivity contribution is 6.34. The number of amides is 1. The van der Waals surface area contributed by atoms with Gasteiger partial charge in [-0.1, -0.05) is 60.1 Å². The Morgan fingerprint density at radius 1 is 0.897 bits per heavy atom. The van der Waals surface area contributed by atoms with E-state index >= 15 is 0 Å². The molecule has 0 aliphatic carbocycles. The second kappa shape index (κ2) is 9.89. The highest BCUT2D eigenvalue weighted by atomic mass is 35.5. The first-order valence-corrected chi connectivity index (χ1v) is 9.86. The van der Waals surface area contributed by atoms with Crippen LogP contribution in [0.25, 0.3) is 0 Å². The summed E-state index contributed by atoms with van der Waals surface area (Å²) in [5.74, 6) is -0.699. The third-order valence-corrected chi connectivity index (χ3v) is 4.82. The maximum Gasteiger partial charge on any atom is 0.339 e. The van der Waals surface area contributed by atoms with Crippen molar-refractivity contribution in [3.05, 3.63) is 100 Å². The number of rotatable bonds is 7. The van der Waals surface area contributed by atoms with Crippen LogP contribution in [0.4, 0.5) is 5.69 Å². The molecule has 3 rings (SSSR count). The van der Waals surface area contributed by atoms with E-state index in [1.165, 1.54) is 5.56 Å². The van der Waals surface area contributed by atoms with Crippen LogP contribution in [0.5, 0.6) is 0 Å². The van der Waals surface area contributed by atoms with Crippen LogP contribution in [0.15, 0.2) is 72.8 Å². The molecule has 0 aromatic heterocycles. The van der Waals surface area contributed by atoms with E-state index in [0.29, 0.717) is 11.3 Å². The monoisotopic (exact) mass is 407 g/mol. The lowest BCUT2D eigenvalue weighted by Gasteiger charge is -2.11. The molecule has 29 heavy (non-hydrogen) atoms. The van der Waals surface area contributed by atoms with Crippen molar-refractivity contribution in [1.29, 1.82) is 0 Å². The van der Waals surface area contributed by atoms with Crippen LogP contribution in [0.3, 0.4) is 0 Å². The zero-order chi connectivity index (χ0) is 20.6. The first-order chi connectivity index (χ1) is 14.1. The average Bonchev–Trinajstić information content (AvgIpc) is 2.73. The van der Waals surface area contributed by atoms with Crippen LogP contribution < -0.4 is 5.32 Å². The number of ether oxygens (including phenoxy) is 1. The third-order valence-electron chi connectivity index (χ3n) is 4.51. The van der Waals surface area contributed by atoms with Gasteiger partial charge < -0.3 is 10.1 Å². The summed E-state index contributed by atoms with van der Waals surface area (Å²) in [6, 6.07) is 22.5. The van der Waals surface area contributed by atoms with Gasteiger partial charge in [0, 0.05) is 11.3 Å². The van der Waals surface area contributed by atoms with Crippen molar-refractivity contribution in [3.63, 3.8) is 0 Å². The van der Waals surface area contributed by atoms with Gasteiger partial charge in [-0.05, 0) is 55.2 Å². The molecule has 0 unspecified atom stereocenters. The number of carbonyl (C=O) groups is 2. The summed E-state index contributed by atoms with van der Waals surface area (Å²) in [6.45, 7) is 2.00. The fourth-order valence-corrected chi connectivity index (χ4v) is 3.31. The molecule has 0 atom stereocenters. The average molecular weight is 408 g/mol. The van der Waals surface area contributed by atoms with E-state index in [-0.39, 0.29) is 23.1 Å². The highest BCUT2D eigenvalue weighted by Gasteiger charge is 2.15. The smallest absolute Gasteiger partial charge is 0.339 e. The van der Waals surface area contributed by atoms with E-state index in [1.807, 2.05) is 42.5 Å². The predicted octanol–water partition coefficient (Wildman–Crippen LogP) is 5.55. The van der Waals surface area contributed by atoms with Gasteiger partial charge >= 0.3 is 5.97 Å². The van der Waals surface area contributed by atoms with Gasteiger partial charge in [0.15, 0.2) is 0 Å². The second-order valence-electron chi connectivity index (χ2n) is 6.51. The van der Waals surface area contributed by atoms with Crippen molar-refractivity contribution in [2.75, 3.05) is 11.9 Å². The van der Waals surface area contributed by atoms with Crippen LogP contribution in [-0.2, 0) is 17.6 Å².